The predicted molar refractivity (Wildman–Crippen MR) is 64.9 cm³/mol. The van der Waals surface area contributed by atoms with Crippen LogP contribution in [-0.2, 0) is 4.79 Å². The summed E-state index contributed by atoms with van der Waals surface area (Å²) in [5, 5.41) is 14.6. The van der Waals surface area contributed by atoms with Gasteiger partial charge in [0.25, 0.3) is 0 Å². The highest BCUT2D eigenvalue weighted by atomic mass is 16.4. The second kappa shape index (κ2) is 6.47. The largest absolute Gasteiger partial charge is 0.480 e. The lowest BCUT2D eigenvalue weighted by atomic mass is 9.82. The Labute approximate surface area is 102 Å². The molecule has 1 aliphatic rings. The third-order valence-corrected chi connectivity index (χ3v) is 3.29. The van der Waals surface area contributed by atoms with Gasteiger partial charge in [0.2, 0.25) is 0 Å². The van der Waals surface area contributed by atoms with Crippen LogP contribution in [0.3, 0.4) is 0 Å². The van der Waals surface area contributed by atoms with Gasteiger partial charge in [-0.05, 0) is 19.3 Å². The third kappa shape index (κ3) is 3.91. The molecule has 3 N–H and O–H groups in total. The fourth-order valence-electron chi connectivity index (χ4n) is 2.19. The van der Waals surface area contributed by atoms with Gasteiger partial charge in [-0.3, -0.25) is 0 Å². The summed E-state index contributed by atoms with van der Waals surface area (Å²) >= 11 is 0. The number of carboxylic acids is 1. The summed E-state index contributed by atoms with van der Waals surface area (Å²) in [6.07, 6.45) is 5.75. The molecular weight excluding hydrogens is 220 g/mol. The van der Waals surface area contributed by atoms with E-state index in [2.05, 4.69) is 10.6 Å². The van der Waals surface area contributed by atoms with E-state index in [4.69, 9.17) is 0 Å². The van der Waals surface area contributed by atoms with Crippen LogP contribution in [0.1, 0.15) is 51.9 Å². The first-order valence-corrected chi connectivity index (χ1v) is 6.40. The van der Waals surface area contributed by atoms with Crippen LogP contribution >= 0.6 is 0 Å². The molecule has 5 heteroatoms. The molecule has 0 aromatic rings. The molecule has 0 heterocycles. The lowest BCUT2D eigenvalue weighted by Crippen LogP contribution is -2.58. The molecule has 0 saturated heterocycles. The van der Waals surface area contributed by atoms with E-state index in [1.54, 1.807) is 0 Å². The molecule has 0 aliphatic heterocycles. The van der Waals surface area contributed by atoms with Gasteiger partial charge in [0.05, 0.1) is 0 Å². The standard InChI is InChI=1S/C12H22N2O3/c1-2-3-9-13-11(17)14-12(10(15)16)7-5-4-6-8-12/h2-9H2,1H3,(H,15,16)(H2,13,14,17). The van der Waals surface area contributed by atoms with Gasteiger partial charge in [-0.2, -0.15) is 0 Å². The normalized spacial score (nSPS) is 18.4. The van der Waals surface area contributed by atoms with Gasteiger partial charge in [0.15, 0.2) is 0 Å². The quantitative estimate of drug-likeness (QED) is 0.644. The van der Waals surface area contributed by atoms with Crippen molar-refractivity contribution in [1.29, 1.82) is 0 Å². The van der Waals surface area contributed by atoms with Crippen LogP contribution in [0.4, 0.5) is 4.79 Å². The van der Waals surface area contributed by atoms with Crippen molar-refractivity contribution in [2.24, 2.45) is 0 Å². The van der Waals surface area contributed by atoms with E-state index >= 15 is 0 Å². The van der Waals surface area contributed by atoms with Gasteiger partial charge >= 0.3 is 12.0 Å². The van der Waals surface area contributed by atoms with Gasteiger partial charge in [0, 0.05) is 6.54 Å². The monoisotopic (exact) mass is 242 g/mol. The van der Waals surface area contributed by atoms with Crippen molar-refractivity contribution in [1.82, 2.24) is 10.6 Å². The summed E-state index contributed by atoms with van der Waals surface area (Å²) in [5.74, 6) is -0.914. The van der Waals surface area contributed by atoms with Crippen LogP contribution in [0.15, 0.2) is 0 Å². The van der Waals surface area contributed by atoms with Crippen LogP contribution in [-0.4, -0.2) is 29.2 Å². The first-order valence-electron chi connectivity index (χ1n) is 6.40. The average molecular weight is 242 g/mol. The molecule has 0 atom stereocenters. The van der Waals surface area contributed by atoms with Gasteiger partial charge < -0.3 is 15.7 Å². The SMILES string of the molecule is CCCCNC(=O)NC1(C(=O)O)CCCCC1. The van der Waals surface area contributed by atoms with E-state index in [9.17, 15) is 14.7 Å². The summed E-state index contributed by atoms with van der Waals surface area (Å²) in [5.41, 5.74) is -1.05. The Hall–Kier alpha value is -1.26. The second-order valence-electron chi connectivity index (χ2n) is 4.68. The van der Waals surface area contributed by atoms with Gasteiger partial charge in [-0.25, -0.2) is 9.59 Å². The van der Waals surface area contributed by atoms with Crippen LogP contribution in [0, 0.1) is 0 Å². The molecular formula is C12H22N2O3. The topological polar surface area (TPSA) is 78.4 Å². The number of hydrogen-bond donors (Lipinski definition) is 3. The summed E-state index contributed by atoms with van der Waals surface area (Å²) in [6.45, 7) is 2.64. The van der Waals surface area contributed by atoms with Crippen molar-refractivity contribution in [3.05, 3.63) is 0 Å². The zero-order valence-electron chi connectivity index (χ0n) is 10.4. The zero-order valence-corrected chi connectivity index (χ0v) is 10.4. The molecule has 98 valence electrons. The molecule has 1 saturated carbocycles. The highest BCUT2D eigenvalue weighted by Crippen LogP contribution is 2.28. The van der Waals surface area contributed by atoms with Crippen LogP contribution in [0.25, 0.3) is 0 Å². The summed E-state index contributed by atoms with van der Waals surface area (Å²) in [7, 11) is 0. The molecule has 1 aliphatic carbocycles. The first-order chi connectivity index (χ1) is 8.10. The second-order valence-corrected chi connectivity index (χ2v) is 4.68. The summed E-state index contributed by atoms with van der Waals surface area (Å²) in [4.78, 5) is 22.9. The number of unbranched alkanes of at least 4 members (excludes halogenated alkanes) is 1. The number of carbonyl (C=O) groups excluding carboxylic acids is 1. The van der Waals surface area contributed by atoms with Crippen molar-refractivity contribution in [2.75, 3.05) is 6.54 Å². The maximum Gasteiger partial charge on any atom is 0.329 e. The Morgan fingerprint density at radius 3 is 2.41 bits per heavy atom. The number of hydrogen-bond acceptors (Lipinski definition) is 2. The molecule has 17 heavy (non-hydrogen) atoms. The smallest absolute Gasteiger partial charge is 0.329 e. The van der Waals surface area contributed by atoms with E-state index < -0.39 is 11.5 Å². The fraction of sp³-hybridized carbons (Fsp3) is 0.833. The van der Waals surface area contributed by atoms with Crippen molar-refractivity contribution in [3.63, 3.8) is 0 Å². The molecule has 1 rings (SSSR count). The maximum atomic E-state index is 11.6. The lowest BCUT2D eigenvalue weighted by molar-refractivity contribution is -0.145. The summed E-state index contributed by atoms with van der Waals surface area (Å²) in [6, 6.07) is -0.359. The van der Waals surface area contributed by atoms with E-state index in [-0.39, 0.29) is 6.03 Å². The maximum absolute atomic E-state index is 11.6. The molecule has 0 radical (unpaired) electrons. The van der Waals surface area contributed by atoms with Crippen LogP contribution in [0.5, 0.6) is 0 Å². The lowest BCUT2D eigenvalue weighted by Gasteiger charge is -2.33. The molecule has 5 nitrogen and oxygen atoms in total. The third-order valence-electron chi connectivity index (χ3n) is 3.29. The van der Waals surface area contributed by atoms with E-state index in [1.807, 2.05) is 6.92 Å². The minimum absolute atomic E-state index is 0.359. The molecule has 0 unspecified atom stereocenters. The van der Waals surface area contributed by atoms with Crippen LogP contribution in [0.2, 0.25) is 0 Å². The Balaban J connectivity index is 2.48. The van der Waals surface area contributed by atoms with Crippen LogP contribution < -0.4 is 10.6 Å². The highest BCUT2D eigenvalue weighted by molar-refractivity contribution is 5.86. The minimum Gasteiger partial charge on any atom is -0.480 e. The minimum atomic E-state index is -1.05. The average Bonchev–Trinajstić information content (AvgIpc) is 2.30. The number of rotatable bonds is 5. The van der Waals surface area contributed by atoms with Crippen molar-refractivity contribution in [3.8, 4) is 0 Å². The van der Waals surface area contributed by atoms with E-state index in [0.717, 1.165) is 32.1 Å². The molecule has 0 aromatic heterocycles. The number of carbonyl (C=O) groups is 2. The predicted octanol–water partition coefficient (Wildman–Crippen LogP) is 1.87. The first kappa shape index (κ1) is 13.8. The molecule has 0 aromatic carbocycles. The fourth-order valence-corrected chi connectivity index (χ4v) is 2.19. The number of amides is 2. The highest BCUT2D eigenvalue weighted by Gasteiger charge is 2.40. The molecule has 0 bridgehead atoms. The zero-order chi connectivity index (χ0) is 12.7. The Bertz CT molecular complexity index is 273. The molecule has 1 fully saturated rings. The Kier molecular flexibility index (Phi) is 5.25. The number of nitrogens with one attached hydrogen (secondary N) is 2. The van der Waals surface area contributed by atoms with Crippen molar-refractivity contribution < 1.29 is 14.7 Å². The summed E-state index contributed by atoms with van der Waals surface area (Å²) < 4.78 is 0. The van der Waals surface area contributed by atoms with E-state index in [1.165, 1.54) is 0 Å². The molecule has 0 spiro atoms. The Morgan fingerprint density at radius 1 is 1.24 bits per heavy atom. The number of aliphatic carboxylic acids is 1. The molecule has 2 amide bonds. The van der Waals surface area contributed by atoms with E-state index in [0.29, 0.717) is 19.4 Å². The van der Waals surface area contributed by atoms with Crippen molar-refractivity contribution >= 4 is 12.0 Å². The Morgan fingerprint density at radius 2 is 1.88 bits per heavy atom. The number of urea groups is 1. The van der Waals surface area contributed by atoms with Gasteiger partial charge in [0.1, 0.15) is 5.54 Å². The van der Waals surface area contributed by atoms with Gasteiger partial charge in [-0.1, -0.05) is 32.6 Å². The van der Waals surface area contributed by atoms with Crippen molar-refractivity contribution in [2.45, 2.75) is 57.4 Å². The number of carboxylic acid groups (broad SMARTS) is 1. The van der Waals surface area contributed by atoms with Gasteiger partial charge in [-0.15, -0.1) is 0 Å².